The molecule has 0 spiro atoms. The number of aryl methyl sites for hydroxylation is 2. The van der Waals surface area contributed by atoms with Crippen LogP contribution < -0.4 is 10.1 Å². The molecule has 0 saturated heterocycles. The highest BCUT2D eigenvalue weighted by Crippen LogP contribution is 2.22. The van der Waals surface area contributed by atoms with Crippen LogP contribution in [0.2, 0.25) is 5.02 Å². The lowest BCUT2D eigenvalue weighted by atomic mass is 10.2. The second-order valence-corrected chi connectivity index (χ2v) is 7.95. The highest BCUT2D eigenvalue weighted by atomic mass is 35.5. The van der Waals surface area contributed by atoms with E-state index in [0.29, 0.717) is 23.1 Å². The number of para-hydroxylation sites is 1. The van der Waals surface area contributed by atoms with Crippen molar-refractivity contribution in [1.29, 1.82) is 0 Å². The SMILES string of the molecule is Cc1cc(OCc2ccc(C(=O)NCc3c(C)nn(-c4ccccc4)c3C)o2)ccc1Cl. The molecular formula is C25H24ClN3O3. The van der Waals surface area contributed by atoms with E-state index in [0.717, 1.165) is 28.2 Å². The number of rotatable bonds is 7. The minimum atomic E-state index is -0.287. The molecule has 164 valence electrons. The van der Waals surface area contributed by atoms with Crippen LogP contribution in [0.1, 0.15) is 38.8 Å². The van der Waals surface area contributed by atoms with Gasteiger partial charge in [0, 0.05) is 22.8 Å². The van der Waals surface area contributed by atoms with Crippen molar-refractivity contribution < 1.29 is 13.9 Å². The van der Waals surface area contributed by atoms with Gasteiger partial charge in [-0.15, -0.1) is 0 Å². The van der Waals surface area contributed by atoms with Crippen LogP contribution in [-0.4, -0.2) is 15.7 Å². The van der Waals surface area contributed by atoms with Crippen molar-refractivity contribution in [3.63, 3.8) is 0 Å². The van der Waals surface area contributed by atoms with Crippen LogP contribution in [0, 0.1) is 20.8 Å². The van der Waals surface area contributed by atoms with Crippen molar-refractivity contribution in [3.05, 3.63) is 99.7 Å². The molecule has 0 aliphatic heterocycles. The van der Waals surface area contributed by atoms with Gasteiger partial charge < -0.3 is 14.5 Å². The summed E-state index contributed by atoms with van der Waals surface area (Å²) in [5.41, 5.74) is 4.76. The van der Waals surface area contributed by atoms with Crippen molar-refractivity contribution >= 4 is 17.5 Å². The molecule has 32 heavy (non-hydrogen) atoms. The van der Waals surface area contributed by atoms with Gasteiger partial charge in [0.2, 0.25) is 0 Å². The first-order valence-corrected chi connectivity index (χ1v) is 10.7. The third-order valence-electron chi connectivity index (χ3n) is 5.26. The average molecular weight is 450 g/mol. The lowest BCUT2D eigenvalue weighted by Crippen LogP contribution is -2.23. The standard InChI is InChI=1S/C25H24ClN3O3/c1-16-13-20(9-11-23(16)26)31-15-21-10-12-24(32-21)25(30)27-14-22-17(2)28-29(18(22)3)19-7-5-4-6-8-19/h4-13H,14-15H2,1-3H3,(H,27,30). The first kappa shape index (κ1) is 21.7. The number of halogens is 1. The summed E-state index contributed by atoms with van der Waals surface area (Å²) in [6.45, 7) is 6.43. The Labute approximate surface area is 191 Å². The predicted octanol–water partition coefficient (Wildman–Crippen LogP) is 5.55. The van der Waals surface area contributed by atoms with Crippen molar-refractivity contribution in [3.8, 4) is 11.4 Å². The number of benzene rings is 2. The number of hydrogen-bond donors (Lipinski definition) is 1. The molecule has 0 fully saturated rings. The van der Waals surface area contributed by atoms with Crippen molar-refractivity contribution in [1.82, 2.24) is 15.1 Å². The fourth-order valence-corrected chi connectivity index (χ4v) is 3.56. The molecule has 0 saturated carbocycles. The number of nitrogens with one attached hydrogen (secondary N) is 1. The van der Waals surface area contributed by atoms with E-state index in [9.17, 15) is 4.79 Å². The summed E-state index contributed by atoms with van der Waals surface area (Å²) in [5.74, 6) is 1.20. The van der Waals surface area contributed by atoms with Gasteiger partial charge in [-0.25, -0.2) is 4.68 Å². The quantitative estimate of drug-likeness (QED) is 0.401. The number of furan rings is 1. The molecule has 2 heterocycles. The number of ether oxygens (including phenoxy) is 1. The largest absolute Gasteiger partial charge is 0.486 e. The molecule has 0 aliphatic carbocycles. The van der Waals surface area contributed by atoms with Gasteiger partial charge in [-0.05, 0) is 68.8 Å². The van der Waals surface area contributed by atoms with Crippen molar-refractivity contribution in [2.24, 2.45) is 0 Å². The summed E-state index contributed by atoms with van der Waals surface area (Å²) >= 11 is 6.04. The second kappa shape index (κ2) is 9.32. The van der Waals surface area contributed by atoms with Gasteiger partial charge in [-0.1, -0.05) is 29.8 Å². The topological polar surface area (TPSA) is 69.3 Å². The Morgan fingerprint density at radius 1 is 1.09 bits per heavy atom. The molecule has 7 heteroatoms. The maximum absolute atomic E-state index is 12.6. The Bertz CT molecular complexity index is 1240. The molecule has 2 aromatic heterocycles. The summed E-state index contributed by atoms with van der Waals surface area (Å²) < 4.78 is 13.3. The number of aromatic nitrogens is 2. The molecule has 2 aromatic carbocycles. The van der Waals surface area contributed by atoms with Gasteiger partial charge in [0.05, 0.1) is 11.4 Å². The van der Waals surface area contributed by atoms with Crippen LogP contribution in [-0.2, 0) is 13.2 Å². The third kappa shape index (κ3) is 4.70. The molecule has 0 radical (unpaired) electrons. The zero-order chi connectivity index (χ0) is 22.7. The van der Waals surface area contributed by atoms with E-state index in [2.05, 4.69) is 10.4 Å². The molecule has 0 unspecified atom stereocenters. The van der Waals surface area contributed by atoms with E-state index in [-0.39, 0.29) is 18.3 Å². The number of carbonyl (C=O) groups excluding carboxylic acids is 1. The predicted molar refractivity (Wildman–Crippen MR) is 123 cm³/mol. The molecule has 1 amide bonds. The smallest absolute Gasteiger partial charge is 0.287 e. The summed E-state index contributed by atoms with van der Waals surface area (Å²) in [4.78, 5) is 12.6. The number of nitrogens with zero attached hydrogens (tertiary/aromatic N) is 2. The van der Waals surface area contributed by atoms with Crippen LogP contribution in [0.3, 0.4) is 0 Å². The van der Waals surface area contributed by atoms with Crippen LogP contribution in [0.4, 0.5) is 0 Å². The zero-order valence-corrected chi connectivity index (χ0v) is 18.9. The Kier molecular flexibility index (Phi) is 6.32. The van der Waals surface area contributed by atoms with Gasteiger partial charge in [-0.2, -0.15) is 5.10 Å². The van der Waals surface area contributed by atoms with E-state index in [1.54, 1.807) is 24.3 Å². The average Bonchev–Trinajstić information content (AvgIpc) is 3.38. The van der Waals surface area contributed by atoms with Crippen LogP contribution in [0.5, 0.6) is 5.75 Å². The highest BCUT2D eigenvalue weighted by Gasteiger charge is 2.16. The Balaban J connectivity index is 1.37. The zero-order valence-electron chi connectivity index (χ0n) is 18.2. The molecule has 4 rings (SSSR count). The minimum Gasteiger partial charge on any atom is -0.486 e. The molecule has 0 aliphatic rings. The molecule has 4 aromatic rings. The van der Waals surface area contributed by atoms with Crippen molar-refractivity contribution in [2.45, 2.75) is 33.9 Å². The summed E-state index contributed by atoms with van der Waals surface area (Å²) in [6, 6.07) is 18.7. The summed E-state index contributed by atoms with van der Waals surface area (Å²) in [5, 5.41) is 8.23. The van der Waals surface area contributed by atoms with E-state index < -0.39 is 0 Å². The normalized spacial score (nSPS) is 10.9. The molecule has 6 nitrogen and oxygen atoms in total. The van der Waals surface area contributed by atoms with Crippen molar-refractivity contribution in [2.75, 3.05) is 0 Å². The van der Waals surface area contributed by atoms with Gasteiger partial charge in [0.25, 0.3) is 5.91 Å². The Morgan fingerprint density at radius 2 is 1.88 bits per heavy atom. The second-order valence-electron chi connectivity index (χ2n) is 7.55. The molecule has 0 atom stereocenters. The van der Waals surface area contributed by atoms with Crippen LogP contribution in [0.15, 0.2) is 65.1 Å². The molecule has 1 N–H and O–H groups in total. The highest BCUT2D eigenvalue weighted by molar-refractivity contribution is 6.31. The summed E-state index contributed by atoms with van der Waals surface area (Å²) in [6.07, 6.45) is 0. The first-order valence-electron chi connectivity index (χ1n) is 10.3. The molecule has 0 bridgehead atoms. The lowest BCUT2D eigenvalue weighted by molar-refractivity contribution is 0.0919. The monoisotopic (exact) mass is 449 g/mol. The third-order valence-corrected chi connectivity index (χ3v) is 5.69. The Hall–Kier alpha value is -3.51. The maximum Gasteiger partial charge on any atom is 0.287 e. The van der Waals surface area contributed by atoms with E-state index in [1.807, 2.05) is 61.9 Å². The minimum absolute atomic E-state index is 0.219. The first-order chi connectivity index (χ1) is 15.4. The fourth-order valence-electron chi connectivity index (χ4n) is 3.45. The number of hydrogen-bond acceptors (Lipinski definition) is 4. The summed E-state index contributed by atoms with van der Waals surface area (Å²) in [7, 11) is 0. The maximum atomic E-state index is 12.6. The number of carbonyl (C=O) groups is 1. The van der Waals surface area contributed by atoms with E-state index >= 15 is 0 Å². The Morgan fingerprint density at radius 3 is 2.62 bits per heavy atom. The van der Waals surface area contributed by atoms with Crippen LogP contribution >= 0.6 is 11.6 Å². The van der Waals surface area contributed by atoms with Crippen LogP contribution in [0.25, 0.3) is 5.69 Å². The van der Waals surface area contributed by atoms with Gasteiger partial charge in [0.15, 0.2) is 5.76 Å². The van der Waals surface area contributed by atoms with Gasteiger partial charge in [-0.3, -0.25) is 4.79 Å². The van der Waals surface area contributed by atoms with E-state index in [1.165, 1.54) is 0 Å². The van der Waals surface area contributed by atoms with E-state index in [4.69, 9.17) is 20.8 Å². The molecular weight excluding hydrogens is 426 g/mol. The fraction of sp³-hybridized carbons (Fsp3) is 0.200. The lowest BCUT2D eigenvalue weighted by Gasteiger charge is -2.07. The number of amides is 1. The van der Waals surface area contributed by atoms with Gasteiger partial charge in [0.1, 0.15) is 18.1 Å². The van der Waals surface area contributed by atoms with Gasteiger partial charge >= 0.3 is 0 Å².